The van der Waals surface area contributed by atoms with Crippen molar-refractivity contribution in [1.82, 2.24) is 19.1 Å². The molecule has 4 aromatic rings. The molecule has 0 bridgehead atoms. The van der Waals surface area contributed by atoms with E-state index in [9.17, 15) is 9.59 Å². The van der Waals surface area contributed by atoms with Crippen molar-refractivity contribution in [3.8, 4) is 17.0 Å². The van der Waals surface area contributed by atoms with Gasteiger partial charge >= 0.3 is 0 Å². The van der Waals surface area contributed by atoms with Gasteiger partial charge in [-0.05, 0) is 56.3 Å². The number of carbonyl (C=O) groups is 1. The first-order valence-corrected chi connectivity index (χ1v) is 12.4. The lowest BCUT2D eigenvalue weighted by Crippen LogP contribution is -2.49. The number of hydrogen-bond acceptors (Lipinski definition) is 5. The molecule has 0 unspecified atom stereocenters. The third-order valence-corrected chi connectivity index (χ3v) is 6.66. The van der Waals surface area contributed by atoms with Crippen LogP contribution in [0.5, 0.6) is 5.75 Å². The molecule has 8 nitrogen and oxygen atoms in total. The first kappa shape index (κ1) is 23.7. The quantitative estimate of drug-likeness (QED) is 0.400. The van der Waals surface area contributed by atoms with E-state index in [0.29, 0.717) is 38.2 Å². The van der Waals surface area contributed by atoms with Crippen molar-refractivity contribution >= 4 is 17.1 Å². The molecule has 1 aliphatic rings. The van der Waals surface area contributed by atoms with E-state index in [-0.39, 0.29) is 11.5 Å². The van der Waals surface area contributed by atoms with Gasteiger partial charge in [-0.2, -0.15) is 5.10 Å². The fraction of sp³-hybridized carbons (Fsp3) is 0.321. The number of piperazine rings is 1. The number of fused-ring (bicyclic) bond motifs is 1. The van der Waals surface area contributed by atoms with Crippen LogP contribution in [0.15, 0.2) is 71.8 Å². The maximum atomic E-state index is 13.1. The van der Waals surface area contributed by atoms with Crippen molar-refractivity contribution in [2.45, 2.75) is 26.8 Å². The summed E-state index contributed by atoms with van der Waals surface area (Å²) in [6.07, 6.45) is 3.76. The van der Waals surface area contributed by atoms with Gasteiger partial charge in [0.25, 0.3) is 5.56 Å². The van der Waals surface area contributed by atoms with Crippen LogP contribution in [0, 0.1) is 6.92 Å². The molecule has 8 heteroatoms. The Balaban J connectivity index is 1.21. The Bertz CT molecular complexity index is 1400. The maximum absolute atomic E-state index is 13.1. The van der Waals surface area contributed by atoms with Crippen molar-refractivity contribution in [2.75, 3.05) is 37.7 Å². The molecule has 1 aliphatic heterocycles. The summed E-state index contributed by atoms with van der Waals surface area (Å²) in [6.45, 7) is 7.98. The van der Waals surface area contributed by atoms with Gasteiger partial charge in [-0.15, -0.1) is 0 Å². The van der Waals surface area contributed by atoms with Crippen molar-refractivity contribution in [2.24, 2.45) is 0 Å². The van der Waals surface area contributed by atoms with Gasteiger partial charge in [-0.25, -0.2) is 4.52 Å². The van der Waals surface area contributed by atoms with Crippen LogP contribution in [-0.2, 0) is 11.3 Å². The minimum absolute atomic E-state index is 0.0777. The molecule has 0 spiro atoms. The summed E-state index contributed by atoms with van der Waals surface area (Å²) >= 11 is 0. The number of aromatic nitrogens is 3. The van der Waals surface area contributed by atoms with Crippen LogP contribution in [-0.4, -0.2) is 57.8 Å². The fourth-order valence-corrected chi connectivity index (χ4v) is 4.58. The summed E-state index contributed by atoms with van der Waals surface area (Å²) in [5.74, 6) is 0.877. The number of amides is 1. The molecule has 0 N–H and O–H groups in total. The van der Waals surface area contributed by atoms with Crippen LogP contribution in [0.1, 0.15) is 18.9 Å². The molecule has 2 aromatic heterocycles. The molecule has 0 aliphatic carbocycles. The summed E-state index contributed by atoms with van der Waals surface area (Å²) in [5.41, 5.74) is 4.39. The summed E-state index contributed by atoms with van der Waals surface area (Å²) in [4.78, 5) is 30.1. The zero-order valence-corrected chi connectivity index (χ0v) is 20.8. The molecule has 5 rings (SSSR count). The summed E-state index contributed by atoms with van der Waals surface area (Å²) in [7, 11) is 0. The number of nitrogens with zero attached hydrogens (tertiary/aromatic N) is 5. The fourth-order valence-electron chi connectivity index (χ4n) is 4.58. The molecule has 36 heavy (non-hydrogen) atoms. The van der Waals surface area contributed by atoms with Crippen LogP contribution >= 0.6 is 0 Å². The van der Waals surface area contributed by atoms with Crippen molar-refractivity contribution < 1.29 is 9.53 Å². The number of rotatable bonds is 7. The van der Waals surface area contributed by atoms with E-state index < -0.39 is 0 Å². The normalized spacial score (nSPS) is 13.8. The second kappa shape index (κ2) is 10.3. The molecule has 0 radical (unpaired) electrons. The Morgan fingerprint density at radius 2 is 1.69 bits per heavy atom. The Labute approximate surface area is 210 Å². The zero-order valence-electron chi connectivity index (χ0n) is 20.8. The molecule has 0 atom stereocenters. The number of carbonyl (C=O) groups excluding carboxylic acids is 1. The van der Waals surface area contributed by atoms with Crippen molar-refractivity contribution in [3.63, 3.8) is 0 Å². The SMILES string of the molecule is CCOc1ccc(-c2cc3c(=O)n(CCC(=O)N4CCN(c5ccc(C)cc5)CC4)ccn3n2)cc1. The first-order valence-electron chi connectivity index (χ1n) is 12.4. The monoisotopic (exact) mass is 485 g/mol. The Morgan fingerprint density at radius 3 is 2.39 bits per heavy atom. The standard InChI is InChI=1S/C28H31N5O3/c1-3-36-24-10-6-22(7-11-24)25-20-26-28(35)32(18-19-33(26)29-25)13-12-27(34)31-16-14-30(15-17-31)23-8-4-21(2)5-9-23/h4-11,18-20H,3,12-17H2,1-2H3. The largest absolute Gasteiger partial charge is 0.494 e. The van der Waals surface area contributed by atoms with E-state index >= 15 is 0 Å². The molecular weight excluding hydrogens is 454 g/mol. The number of aryl methyl sites for hydroxylation is 2. The predicted octanol–water partition coefficient (Wildman–Crippen LogP) is 3.61. The first-order chi connectivity index (χ1) is 17.5. The zero-order chi connectivity index (χ0) is 25.1. The van der Waals surface area contributed by atoms with Gasteiger partial charge < -0.3 is 19.1 Å². The van der Waals surface area contributed by atoms with E-state index in [4.69, 9.17) is 4.74 Å². The minimum Gasteiger partial charge on any atom is -0.494 e. The van der Waals surface area contributed by atoms with Crippen LogP contribution in [0.4, 0.5) is 5.69 Å². The molecule has 1 amide bonds. The van der Waals surface area contributed by atoms with Gasteiger partial charge in [0.2, 0.25) is 5.91 Å². The van der Waals surface area contributed by atoms with E-state index in [1.807, 2.05) is 36.1 Å². The highest BCUT2D eigenvalue weighted by Crippen LogP contribution is 2.22. The molecule has 186 valence electrons. The van der Waals surface area contributed by atoms with E-state index in [1.165, 1.54) is 11.3 Å². The van der Waals surface area contributed by atoms with Crippen LogP contribution in [0.25, 0.3) is 16.8 Å². The van der Waals surface area contributed by atoms with Crippen LogP contribution < -0.4 is 15.2 Å². The van der Waals surface area contributed by atoms with Gasteiger partial charge in [0.05, 0.1) is 12.3 Å². The lowest BCUT2D eigenvalue weighted by molar-refractivity contribution is -0.131. The van der Waals surface area contributed by atoms with Gasteiger partial charge in [0.1, 0.15) is 11.3 Å². The van der Waals surface area contributed by atoms with E-state index in [2.05, 4.69) is 41.2 Å². The highest BCUT2D eigenvalue weighted by Gasteiger charge is 2.21. The third-order valence-electron chi connectivity index (χ3n) is 6.66. The molecule has 1 fully saturated rings. The second-order valence-electron chi connectivity index (χ2n) is 9.07. The lowest BCUT2D eigenvalue weighted by Gasteiger charge is -2.36. The molecule has 3 heterocycles. The highest BCUT2D eigenvalue weighted by atomic mass is 16.5. The van der Waals surface area contributed by atoms with Gasteiger partial charge in [-0.1, -0.05) is 17.7 Å². The van der Waals surface area contributed by atoms with Crippen molar-refractivity contribution in [1.29, 1.82) is 0 Å². The summed E-state index contributed by atoms with van der Waals surface area (Å²) in [6, 6.07) is 17.9. The van der Waals surface area contributed by atoms with E-state index in [1.54, 1.807) is 27.5 Å². The number of anilines is 1. The van der Waals surface area contributed by atoms with Crippen LogP contribution in [0.3, 0.4) is 0 Å². The van der Waals surface area contributed by atoms with Gasteiger partial charge in [0, 0.05) is 62.8 Å². The lowest BCUT2D eigenvalue weighted by atomic mass is 10.1. The predicted molar refractivity (Wildman–Crippen MR) is 141 cm³/mol. The topological polar surface area (TPSA) is 72.1 Å². The van der Waals surface area contributed by atoms with E-state index in [0.717, 1.165) is 30.1 Å². The van der Waals surface area contributed by atoms with Crippen molar-refractivity contribution in [3.05, 3.63) is 82.9 Å². The average Bonchev–Trinajstić information content (AvgIpc) is 3.35. The Morgan fingerprint density at radius 1 is 0.972 bits per heavy atom. The highest BCUT2D eigenvalue weighted by molar-refractivity contribution is 5.76. The molecule has 0 saturated carbocycles. The van der Waals surface area contributed by atoms with Crippen LogP contribution in [0.2, 0.25) is 0 Å². The smallest absolute Gasteiger partial charge is 0.276 e. The number of ether oxygens (including phenoxy) is 1. The number of hydrogen-bond donors (Lipinski definition) is 0. The third kappa shape index (κ3) is 4.98. The molecule has 1 saturated heterocycles. The minimum atomic E-state index is -0.154. The summed E-state index contributed by atoms with van der Waals surface area (Å²) in [5, 5.41) is 4.55. The molecule has 2 aromatic carbocycles. The Hall–Kier alpha value is -4.07. The maximum Gasteiger partial charge on any atom is 0.276 e. The number of benzene rings is 2. The van der Waals surface area contributed by atoms with Gasteiger partial charge in [-0.3, -0.25) is 9.59 Å². The summed E-state index contributed by atoms with van der Waals surface area (Å²) < 4.78 is 8.69. The Kier molecular flexibility index (Phi) is 6.75. The average molecular weight is 486 g/mol. The second-order valence-corrected chi connectivity index (χ2v) is 9.07. The van der Waals surface area contributed by atoms with Gasteiger partial charge in [0.15, 0.2) is 0 Å². The molecular formula is C28H31N5O3.